The first-order valence-electron chi connectivity index (χ1n) is 9.72. The molecule has 1 aliphatic rings. The number of nitrogens with zero attached hydrogens (tertiary/aromatic N) is 3. The van der Waals surface area contributed by atoms with Gasteiger partial charge in [-0.05, 0) is 50.2 Å². The smallest absolute Gasteiger partial charge is 0.271 e. The van der Waals surface area contributed by atoms with Gasteiger partial charge in [-0.25, -0.2) is 9.91 Å². The maximum atomic E-state index is 13.1. The van der Waals surface area contributed by atoms with E-state index in [2.05, 4.69) is 10.4 Å². The highest BCUT2D eigenvalue weighted by Crippen LogP contribution is 2.27. The van der Waals surface area contributed by atoms with Gasteiger partial charge >= 0.3 is 0 Å². The highest BCUT2D eigenvalue weighted by Gasteiger charge is 2.45. The summed E-state index contributed by atoms with van der Waals surface area (Å²) in [4.78, 5) is 55.8. The number of hydrazine groups is 1. The molecule has 1 aromatic carbocycles. The Bertz CT molecular complexity index is 1000. The highest BCUT2D eigenvalue weighted by atomic mass is 16.5. The molecule has 1 saturated heterocycles. The third kappa shape index (κ3) is 4.77. The number of carbonyl (C=O) groups excluding carboxylic acids is 4. The molecular formula is C22H22N4O5. The zero-order valence-electron chi connectivity index (χ0n) is 17.1. The lowest BCUT2D eigenvalue weighted by atomic mass is 10.2. The van der Waals surface area contributed by atoms with Gasteiger partial charge in [-0.1, -0.05) is 6.08 Å². The monoisotopic (exact) mass is 422 g/mol. The minimum atomic E-state index is -1.18. The van der Waals surface area contributed by atoms with Crippen molar-refractivity contribution in [2.45, 2.75) is 26.3 Å². The average molecular weight is 422 g/mol. The lowest BCUT2D eigenvalue weighted by Gasteiger charge is -2.26. The molecule has 0 radical (unpaired) electrons. The van der Waals surface area contributed by atoms with Crippen LogP contribution in [0.5, 0.6) is 5.75 Å². The van der Waals surface area contributed by atoms with Crippen LogP contribution in [0.1, 0.15) is 30.6 Å². The molecule has 160 valence electrons. The van der Waals surface area contributed by atoms with Gasteiger partial charge in [0.1, 0.15) is 11.8 Å². The lowest BCUT2D eigenvalue weighted by molar-refractivity contribution is -0.137. The van der Waals surface area contributed by atoms with Crippen molar-refractivity contribution < 1.29 is 23.9 Å². The van der Waals surface area contributed by atoms with E-state index in [-0.39, 0.29) is 12.0 Å². The topological polar surface area (TPSA) is 109 Å². The number of benzene rings is 1. The summed E-state index contributed by atoms with van der Waals surface area (Å²) in [5.41, 5.74) is 3.01. The van der Waals surface area contributed by atoms with Crippen LogP contribution >= 0.6 is 0 Å². The van der Waals surface area contributed by atoms with Crippen molar-refractivity contribution >= 4 is 29.3 Å². The second-order valence-electron chi connectivity index (χ2n) is 6.61. The van der Waals surface area contributed by atoms with Gasteiger partial charge in [-0.3, -0.25) is 29.6 Å². The van der Waals surface area contributed by atoms with Gasteiger partial charge in [0.15, 0.2) is 0 Å². The standard InChI is InChI=1S/C22H22N4O5/c1-3-6-19(27)26(24-21(29)15-7-5-12-23-14-15)18-13-20(28)25(22(18)30)16-8-10-17(11-9-16)31-4-2/h3,5-12,14,18H,4,13H2,1-2H3,(H,24,29). The fourth-order valence-corrected chi connectivity index (χ4v) is 3.13. The molecule has 9 nitrogen and oxygen atoms in total. The van der Waals surface area contributed by atoms with Crippen molar-refractivity contribution in [3.05, 3.63) is 66.5 Å². The van der Waals surface area contributed by atoms with Crippen molar-refractivity contribution in [3.63, 3.8) is 0 Å². The van der Waals surface area contributed by atoms with Crippen LogP contribution in [-0.2, 0) is 14.4 Å². The molecule has 9 heteroatoms. The van der Waals surface area contributed by atoms with E-state index in [1.807, 2.05) is 6.92 Å². The largest absolute Gasteiger partial charge is 0.494 e. The van der Waals surface area contributed by atoms with Gasteiger partial charge in [-0.15, -0.1) is 0 Å². The quantitative estimate of drug-likeness (QED) is 0.432. The van der Waals surface area contributed by atoms with E-state index in [9.17, 15) is 19.2 Å². The van der Waals surface area contributed by atoms with Crippen molar-refractivity contribution in [2.24, 2.45) is 0 Å². The molecule has 1 aromatic heterocycles. The van der Waals surface area contributed by atoms with E-state index in [4.69, 9.17) is 4.74 Å². The number of hydrogen-bond acceptors (Lipinski definition) is 6. The minimum Gasteiger partial charge on any atom is -0.494 e. The van der Waals surface area contributed by atoms with Crippen molar-refractivity contribution in [1.82, 2.24) is 15.4 Å². The van der Waals surface area contributed by atoms with Crippen molar-refractivity contribution in [2.75, 3.05) is 11.5 Å². The Balaban J connectivity index is 1.85. The van der Waals surface area contributed by atoms with Gasteiger partial charge in [0.2, 0.25) is 5.91 Å². The third-order valence-electron chi connectivity index (χ3n) is 4.53. The molecule has 2 heterocycles. The Morgan fingerprint density at radius 2 is 2.00 bits per heavy atom. The molecule has 0 saturated carbocycles. The lowest BCUT2D eigenvalue weighted by Crippen LogP contribution is -2.54. The maximum Gasteiger partial charge on any atom is 0.271 e. The summed E-state index contributed by atoms with van der Waals surface area (Å²) in [6.07, 6.45) is 5.27. The predicted octanol–water partition coefficient (Wildman–Crippen LogP) is 1.86. The number of carbonyl (C=O) groups is 4. The average Bonchev–Trinajstić information content (AvgIpc) is 3.07. The highest BCUT2D eigenvalue weighted by molar-refractivity contribution is 6.23. The van der Waals surface area contributed by atoms with E-state index >= 15 is 0 Å². The Morgan fingerprint density at radius 3 is 2.61 bits per heavy atom. The van der Waals surface area contributed by atoms with Crippen LogP contribution in [0.25, 0.3) is 0 Å². The summed E-state index contributed by atoms with van der Waals surface area (Å²) >= 11 is 0. The Morgan fingerprint density at radius 1 is 1.26 bits per heavy atom. The maximum absolute atomic E-state index is 13.1. The summed E-state index contributed by atoms with van der Waals surface area (Å²) in [7, 11) is 0. The van der Waals surface area contributed by atoms with Crippen molar-refractivity contribution in [3.8, 4) is 5.75 Å². The van der Waals surface area contributed by atoms with E-state index in [1.165, 1.54) is 30.6 Å². The normalized spacial score (nSPS) is 15.9. The Kier molecular flexibility index (Phi) is 6.76. The summed E-state index contributed by atoms with van der Waals surface area (Å²) in [5, 5.41) is 0.893. The van der Waals surface area contributed by atoms with E-state index < -0.39 is 29.7 Å². The van der Waals surface area contributed by atoms with E-state index in [0.29, 0.717) is 18.0 Å². The zero-order valence-corrected chi connectivity index (χ0v) is 17.1. The number of rotatable bonds is 6. The summed E-state index contributed by atoms with van der Waals surface area (Å²) in [6, 6.07) is 8.41. The second-order valence-corrected chi connectivity index (χ2v) is 6.61. The number of allylic oxidation sites excluding steroid dienone is 1. The van der Waals surface area contributed by atoms with Gasteiger partial charge in [0.25, 0.3) is 17.7 Å². The molecule has 2 aromatic rings. The molecule has 1 unspecified atom stereocenters. The molecule has 4 amide bonds. The van der Waals surface area contributed by atoms with Gasteiger partial charge in [0.05, 0.1) is 24.3 Å². The number of pyridine rings is 1. The molecule has 3 rings (SSSR count). The second kappa shape index (κ2) is 9.66. The Labute approximate surface area is 179 Å². The van der Waals surface area contributed by atoms with Crippen LogP contribution in [0.2, 0.25) is 0 Å². The molecular weight excluding hydrogens is 400 g/mol. The van der Waals surface area contributed by atoms with Gasteiger partial charge in [-0.2, -0.15) is 0 Å². The number of imide groups is 1. The zero-order chi connectivity index (χ0) is 22.4. The fraction of sp³-hybridized carbons (Fsp3) is 0.227. The molecule has 0 aliphatic carbocycles. The molecule has 1 N–H and O–H groups in total. The number of nitrogens with one attached hydrogen (secondary N) is 1. The molecule has 1 fully saturated rings. The SMILES string of the molecule is CC=CC(=O)N(NC(=O)c1cccnc1)C1CC(=O)N(c2ccc(OCC)cc2)C1=O. The molecule has 1 aliphatic heterocycles. The first-order valence-corrected chi connectivity index (χ1v) is 9.72. The molecule has 31 heavy (non-hydrogen) atoms. The number of anilines is 1. The number of aromatic nitrogens is 1. The fourth-order valence-electron chi connectivity index (χ4n) is 3.13. The van der Waals surface area contributed by atoms with Gasteiger partial charge in [0, 0.05) is 18.5 Å². The first kappa shape index (κ1) is 21.7. The van der Waals surface area contributed by atoms with Crippen LogP contribution < -0.4 is 15.1 Å². The number of hydrogen-bond donors (Lipinski definition) is 1. The molecule has 0 spiro atoms. The summed E-state index contributed by atoms with van der Waals surface area (Å²) in [5.74, 6) is -1.73. The summed E-state index contributed by atoms with van der Waals surface area (Å²) in [6.45, 7) is 3.97. The van der Waals surface area contributed by atoms with Gasteiger partial charge < -0.3 is 4.74 Å². The van der Waals surface area contributed by atoms with Crippen LogP contribution in [0.3, 0.4) is 0 Å². The molecule has 0 bridgehead atoms. The van der Waals surface area contributed by atoms with E-state index in [0.717, 1.165) is 9.91 Å². The minimum absolute atomic E-state index is 0.209. The third-order valence-corrected chi connectivity index (χ3v) is 4.53. The van der Waals surface area contributed by atoms with E-state index in [1.54, 1.807) is 37.3 Å². The van der Waals surface area contributed by atoms with Crippen LogP contribution in [0.4, 0.5) is 5.69 Å². The first-order chi connectivity index (χ1) is 15.0. The number of ether oxygens (including phenoxy) is 1. The summed E-state index contributed by atoms with van der Waals surface area (Å²) < 4.78 is 5.38. The van der Waals surface area contributed by atoms with Crippen LogP contribution in [-0.4, -0.2) is 46.3 Å². The predicted molar refractivity (Wildman–Crippen MR) is 112 cm³/mol. The number of amides is 4. The van der Waals surface area contributed by atoms with Crippen LogP contribution in [0, 0.1) is 0 Å². The van der Waals surface area contributed by atoms with Crippen LogP contribution in [0.15, 0.2) is 60.9 Å². The van der Waals surface area contributed by atoms with Crippen molar-refractivity contribution in [1.29, 1.82) is 0 Å². The Hall–Kier alpha value is -4.01. The molecule has 1 atom stereocenters.